The first-order chi connectivity index (χ1) is 10.2. The van der Waals surface area contributed by atoms with Crippen molar-refractivity contribution in [2.45, 2.75) is 24.8 Å². The number of pyridine rings is 1. The van der Waals surface area contributed by atoms with E-state index in [9.17, 15) is 13.2 Å². The lowest BCUT2D eigenvalue weighted by Gasteiger charge is -2.24. The molecule has 0 aliphatic rings. The first-order valence-corrected chi connectivity index (χ1v) is 7.91. The Balaban J connectivity index is 2.40. The van der Waals surface area contributed by atoms with E-state index in [0.29, 0.717) is 0 Å². The summed E-state index contributed by atoms with van der Waals surface area (Å²) >= 11 is 0. The highest BCUT2D eigenvalue weighted by Crippen LogP contribution is 2.28. The van der Waals surface area contributed by atoms with Gasteiger partial charge >= 0.3 is 5.97 Å². The molecule has 0 fully saturated rings. The van der Waals surface area contributed by atoms with E-state index in [1.807, 2.05) is 0 Å². The molecule has 0 aromatic carbocycles. The number of carboxylic acids is 1. The summed E-state index contributed by atoms with van der Waals surface area (Å²) in [7, 11) is -2.44. The minimum atomic E-state index is -3.87. The molecule has 1 unspecified atom stereocenters. The van der Waals surface area contributed by atoms with Gasteiger partial charge in [0, 0.05) is 31.5 Å². The number of aromatic nitrogens is 1. The van der Waals surface area contributed by atoms with E-state index in [1.165, 1.54) is 18.3 Å². The van der Waals surface area contributed by atoms with Crippen molar-refractivity contribution in [2.24, 2.45) is 0 Å². The molecule has 0 aliphatic heterocycles. The average Bonchev–Trinajstić information content (AvgIpc) is 2.89. The molecule has 0 radical (unpaired) electrons. The maximum atomic E-state index is 12.7. The van der Waals surface area contributed by atoms with Crippen molar-refractivity contribution < 1.29 is 22.7 Å². The van der Waals surface area contributed by atoms with Crippen molar-refractivity contribution in [1.29, 1.82) is 0 Å². The van der Waals surface area contributed by atoms with Crippen LogP contribution >= 0.6 is 0 Å². The van der Waals surface area contributed by atoms with Gasteiger partial charge in [-0.2, -0.15) is 4.31 Å². The fourth-order valence-corrected chi connectivity index (χ4v) is 3.55. The smallest absolute Gasteiger partial charge is 0.371 e. The molecule has 8 heteroatoms. The van der Waals surface area contributed by atoms with Crippen LogP contribution in [0.1, 0.15) is 34.8 Å². The van der Waals surface area contributed by atoms with Gasteiger partial charge in [-0.1, -0.05) is 0 Å². The summed E-state index contributed by atoms with van der Waals surface area (Å²) in [6.45, 7) is 3.16. The maximum Gasteiger partial charge on any atom is 0.371 e. The van der Waals surface area contributed by atoms with Crippen LogP contribution in [-0.4, -0.2) is 35.8 Å². The molecular formula is C14H16N2O5S. The third-order valence-electron chi connectivity index (χ3n) is 3.47. The van der Waals surface area contributed by atoms with Gasteiger partial charge in [0.15, 0.2) is 0 Å². The number of sulfonamides is 1. The zero-order chi connectivity index (χ0) is 16.5. The Labute approximate surface area is 128 Å². The molecule has 0 saturated heterocycles. The summed E-state index contributed by atoms with van der Waals surface area (Å²) in [5.74, 6) is -1.67. The van der Waals surface area contributed by atoms with Gasteiger partial charge in [-0.3, -0.25) is 4.98 Å². The number of furan rings is 1. The summed E-state index contributed by atoms with van der Waals surface area (Å²) in [5.41, 5.74) is 0.778. The zero-order valence-corrected chi connectivity index (χ0v) is 13.2. The van der Waals surface area contributed by atoms with Gasteiger partial charge in [-0.25, -0.2) is 13.2 Å². The lowest BCUT2D eigenvalue weighted by molar-refractivity contribution is 0.0661. The van der Waals surface area contributed by atoms with Gasteiger partial charge < -0.3 is 9.52 Å². The summed E-state index contributed by atoms with van der Waals surface area (Å²) in [6, 6.07) is 4.04. The van der Waals surface area contributed by atoms with E-state index in [1.54, 1.807) is 31.5 Å². The largest absolute Gasteiger partial charge is 0.475 e. The number of aromatic carboxylic acids is 1. The van der Waals surface area contributed by atoms with Crippen molar-refractivity contribution in [3.63, 3.8) is 0 Å². The molecule has 1 N–H and O–H groups in total. The molecule has 2 rings (SSSR count). The first-order valence-electron chi connectivity index (χ1n) is 6.47. The Morgan fingerprint density at radius 1 is 1.36 bits per heavy atom. The molecule has 22 heavy (non-hydrogen) atoms. The van der Waals surface area contributed by atoms with E-state index >= 15 is 0 Å². The first kappa shape index (κ1) is 16.2. The van der Waals surface area contributed by atoms with Gasteiger partial charge in [-0.05, 0) is 31.5 Å². The number of aryl methyl sites for hydroxylation is 1. The second-order valence-electron chi connectivity index (χ2n) is 4.81. The Kier molecular flexibility index (Phi) is 4.34. The Bertz CT molecular complexity index is 783. The summed E-state index contributed by atoms with van der Waals surface area (Å²) < 4.78 is 31.5. The van der Waals surface area contributed by atoms with Crippen LogP contribution in [0.5, 0.6) is 0 Å². The standard InChI is InChI=1S/C14H16N2O5S/c1-9(11-4-6-15-7-5-11)16(3)22(19,20)13-8-12(14(17)18)21-10(13)2/h4-9H,1-3H3,(H,17,18). The summed E-state index contributed by atoms with van der Waals surface area (Å²) in [5, 5.41) is 8.90. The third kappa shape index (κ3) is 2.88. The number of carbonyl (C=O) groups is 1. The predicted octanol–water partition coefficient (Wildman–Crippen LogP) is 2.06. The van der Waals surface area contributed by atoms with Gasteiger partial charge in [0.2, 0.25) is 15.8 Å². The highest BCUT2D eigenvalue weighted by atomic mass is 32.2. The van der Waals surface area contributed by atoms with E-state index < -0.39 is 27.8 Å². The molecular weight excluding hydrogens is 308 g/mol. The van der Waals surface area contributed by atoms with E-state index in [4.69, 9.17) is 9.52 Å². The quantitative estimate of drug-likeness (QED) is 0.903. The summed E-state index contributed by atoms with van der Waals surface area (Å²) in [4.78, 5) is 14.7. The molecule has 0 aliphatic carbocycles. The van der Waals surface area contributed by atoms with Crippen LogP contribution in [0.4, 0.5) is 0 Å². The lowest BCUT2D eigenvalue weighted by atomic mass is 10.1. The van der Waals surface area contributed by atoms with Gasteiger partial charge in [0.05, 0.1) is 0 Å². The molecule has 1 atom stereocenters. The number of hydrogen-bond acceptors (Lipinski definition) is 5. The number of nitrogens with zero attached hydrogens (tertiary/aromatic N) is 2. The van der Waals surface area contributed by atoms with E-state index in [0.717, 1.165) is 11.6 Å². The molecule has 2 aromatic rings. The minimum Gasteiger partial charge on any atom is -0.475 e. The van der Waals surface area contributed by atoms with Gasteiger partial charge in [-0.15, -0.1) is 0 Å². The van der Waals surface area contributed by atoms with Crippen LogP contribution in [0.15, 0.2) is 39.9 Å². The third-order valence-corrected chi connectivity index (χ3v) is 5.51. The fraction of sp³-hybridized carbons (Fsp3) is 0.286. The van der Waals surface area contributed by atoms with E-state index in [2.05, 4.69) is 4.98 Å². The second kappa shape index (κ2) is 5.90. The molecule has 7 nitrogen and oxygen atoms in total. The molecule has 0 spiro atoms. The normalized spacial score (nSPS) is 13.3. The Morgan fingerprint density at radius 2 is 1.95 bits per heavy atom. The topological polar surface area (TPSA) is 101 Å². The molecule has 0 amide bonds. The molecule has 118 valence electrons. The monoisotopic (exact) mass is 324 g/mol. The van der Waals surface area contributed by atoms with Crippen molar-refractivity contribution >= 4 is 16.0 Å². The minimum absolute atomic E-state index is 0.0474. The van der Waals surface area contributed by atoms with Crippen LogP contribution in [0.3, 0.4) is 0 Å². The predicted molar refractivity (Wildman–Crippen MR) is 78.0 cm³/mol. The average molecular weight is 324 g/mol. The molecule has 2 aromatic heterocycles. The van der Waals surface area contributed by atoms with Crippen molar-refractivity contribution in [3.05, 3.63) is 47.7 Å². The van der Waals surface area contributed by atoms with Gasteiger partial charge in [0.25, 0.3) is 0 Å². The number of hydrogen-bond donors (Lipinski definition) is 1. The lowest BCUT2D eigenvalue weighted by Crippen LogP contribution is -2.30. The van der Waals surface area contributed by atoms with Crippen LogP contribution in [0, 0.1) is 6.92 Å². The van der Waals surface area contributed by atoms with Crippen molar-refractivity contribution in [3.8, 4) is 0 Å². The van der Waals surface area contributed by atoms with Crippen LogP contribution in [0.2, 0.25) is 0 Å². The Hall–Kier alpha value is -2.19. The van der Waals surface area contributed by atoms with E-state index in [-0.39, 0.29) is 10.7 Å². The highest BCUT2D eigenvalue weighted by molar-refractivity contribution is 7.89. The number of rotatable bonds is 5. The molecule has 0 bridgehead atoms. The SMILES string of the molecule is Cc1oc(C(=O)O)cc1S(=O)(=O)N(C)C(C)c1ccncc1. The van der Waals surface area contributed by atoms with Crippen molar-refractivity contribution in [1.82, 2.24) is 9.29 Å². The van der Waals surface area contributed by atoms with Gasteiger partial charge in [0.1, 0.15) is 10.7 Å². The molecule has 0 saturated carbocycles. The van der Waals surface area contributed by atoms with Crippen molar-refractivity contribution in [2.75, 3.05) is 7.05 Å². The Morgan fingerprint density at radius 3 is 2.45 bits per heavy atom. The van der Waals surface area contributed by atoms with Crippen LogP contribution < -0.4 is 0 Å². The van der Waals surface area contributed by atoms with Crippen LogP contribution in [-0.2, 0) is 10.0 Å². The molecule has 2 heterocycles. The fourth-order valence-electron chi connectivity index (χ4n) is 2.04. The second-order valence-corrected chi connectivity index (χ2v) is 6.78. The highest BCUT2D eigenvalue weighted by Gasteiger charge is 2.31. The summed E-state index contributed by atoms with van der Waals surface area (Å²) in [6.07, 6.45) is 3.16. The van der Waals surface area contributed by atoms with Crippen LogP contribution in [0.25, 0.3) is 0 Å². The number of carboxylic acid groups (broad SMARTS) is 1. The zero-order valence-electron chi connectivity index (χ0n) is 12.3. The maximum absolute atomic E-state index is 12.7.